The van der Waals surface area contributed by atoms with Crippen molar-refractivity contribution in [2.24, 2.45) is 0 Å². The van der Waals surface area contributed by atoms with E-state index in [4.69, 9.17) is 5.11 Å². The summed E-state index contributed by atoms with van der Waals surface area (Å²) in [7, 11) is 0. The van der Waals surface area contributed by atoms with E-state index in [0.717, 1.165) is 5.69 Å². The maximum atomic E-state index is 10.6. The number of aromatic amines is 1. The minimum absolute atomic E-state index is 0.0895. The van der Waals surface area contributed by atoms with Crippen LogP contribution in [0.15, 0.2) is 30.7 Å². The van der Waals surface area contributed by atoms with E-state index in [2.05, 4.69) is 47.3 Å². The Balaban J connectivity index is 2.24. The second-order valence-electron chi connectivity index (χ2n) is 4.99. The van der Waals surface area contributed by atoms with Gasteiger partial charge in [-0.15, -0.1) is 0 Å². The molecule has 3 N–H and O–H groups in total. The van der Waals surface area contributed by atoms with Crippen LogP contribution in [0.25, 0.3) is 0 Å². The van der Waals surface area contributed by atoms with Gasteiger partial charge in [0, 0.05) is 18.7 Å². The van der Waals surface area contributed by atoms with E-state index < -0.39 is 6.09 Å². The molecule has 1 aromatic carbocycles. The standard InChI is InChI=1S/C15H19N3O2/c1-10-5-11(2)7-12(6-10)13(3-4-17-15(19)20)14-8-16-9-18-14/h5-9,13,17H,3-4H2,1-2H3,(H,16,18)(H,19,20). The smallest absolute Gasteiger partial charge is 0.404 e. The van der Waals surface area contributed by atoms with Gasteiger partial charge in [0.2, 0.25) is 0 Å². The molecule has 0 fully saturated rings. The normalized spacial score (nSPS) is 12.1. The molecule has 0 aliphatic carbocycles. The van der Waals surface area contributed by atoms with Gasteiger partial charge in [0.25, 0.3) is 0 Å². The largest absolute Gasteiger partial charge is 0.465 e. The Hall–Kier alpha value is -2.30. The fourth-order valence-corrected chi connectivity index (χ4v) is 2.48. The number of aryl methyl sites for hydroxylation is 2. The van der Waals surface area contributed by atoms with Gasteiger partial charge in [-0.1, -0.05) is 29.3 Å². The van der Waals surface area contributed by atoms with E-state index in [1.165, 1.54) is 16.7 Å². The molecule has 0 aliphatic rings. The van der Waals surface area contributed by atoms with Crippen LogP contribution in [0.5, 0.6) is 0 Å². The molecule has 0 aliphatic heterocycles. The van der Waals surface area contributed by atoms with Crippen molar-refractivity contribution in [1.29, 1.82) is 0 Å². The van der Waals surface area contributed by atoms with Crippen molar-refractivity contribution in [2.75, 3.05) is 6.54 Å². The molecular formula is C15H19N3O2. The highest BCUT2D eigenvalue weighted by Gasteiger charge is 2.17. The van der Waals surface area contributed by atoms with Crippen LogP contribution in [0.3, 0.4) is 0 Å². The molecule has 5 nitrogen and oxygen atoms in total. The number of imidazole rings is 1. The number of aromatic nitrogens is 2. The number of amides is 1. The lowest BCUT2D eigenvalue weighted by atomic mass is 9.90. The lowest BCUT2D eigenvalue weighted by Crippen LogP contribution is -2.23. The highest BCUT2D eigenvalue weighted by molar-refractivity contribution is 5.64. The Morgan fingerprint density at radius 1 is 1.35 bits per heavy atom. The fourth-order valence-electron chi connectivity index (χ4n) is 2.48. The van der Waals surface area contributed by atoms with Gasteiger partial charge in [-0.3, -0.25) is 0 Å². The van der Waals surface area contributed by atoms with Gasteiger partial charge in [-0.05, 0) is 25.8 Å². The zero-order valence-corrected chi connectivity index (χ0v) is 11.7. The molecule has 106 valence electrons. The van der Waals surface area contributed by atoms with Crippen molar-refractivity contribution < 1.29 is 9.90 Å². The number of rotatable bonds is 5. The van der Waals surface area contributed by atoms with Crippen LogP contribution < -0.4 is 5.32 Å². The summed E-state index contributed by atoms with van der Waals surface area (Å²) in [5.41, 5.74) is 4.50. The molecule has 0 saturated carbocycles. The number of carbonyl (C=O) groups is 1. The first-order chi connectivity index (χ1) is 9.56. The van der Waals surface area contributed by atoms with Crippen molar-refractivity contribution in [3.8, 4) is 0 Å². The number of H-pyrrole nitrogens is 1. The van der Waals surface area contributed by atoms with Gasteiger partial charge in [0.15, 0.2) is 0 Å². The van der Waals surface area contributed by atoms with Gasteiger partial charge in [0.05, 0.1) is 12.0 Å². The van der Waals surface area contributed by atoms with E-state index in [0.29, 0.717) is 13.0 Å². The molecular weight excluding hydrogens is 254 g/mol. The number of hydrogen-bond donors (Lipinski definition) is 3. The Bertz CT molecular complexity index is 559. The van der Waals surface area contributed by atoms with Gasteiger partial charge in [0.1, 0.15) is 0 Å². The van der Waals surface area contributed by atoms with Crippen LogP contribution >= 0.6 is 0 Å². The first-order valence-electron chi connectivity index (χ1n) is 6.60. The maximum Gasteiger partial charge on any atom is 0.404 e. The summed E-state index contributed by atoms with van der Waals surface area (Å²) in [4.78, 5) is 17.9. The van der Waals surface area contributed by atoms with Gasteiger partial charge < -0.3 is 15.4 Å². The van der Waals surface area contributed by atoms with Crippen molar-refractivity contribution in [3.05, 3.63) is 53.1 Å². The molecule has 5 heteroatoms. The molecule has 20 heavy (non-hydrogen) atoms. The number of nitrogens with zero attached hydrogens (tertiary/aromatic N) is 1. The van der Waals surface area contributed by atoms with Crippen LogP contribution in [0, 0.1) is 13.8 Å². The van der Waals surface area contributed by atoms with Crippen LogP contribution in [-0.4, -0.2) is 27.7 Å². The average molecular weight is 273 g/mol. The second kappa shape index (κ2) is 6.23. The molecule has 2 aromatic rings. The van der Waals surface area contributed by atoms with Crippen LogP contribution in [0.2, 0.25) is 0 Å². The zero-order chi connectivity index (χ0) is 14.5. The van der Waals surface area contributed by atoms with Crippen LogP contribution in [-0.2, 0) is 0 Å². The second-order valence-corrected chi connectivity index (χ2v) is 4.99. The number of nitrogens with one attached hydrogen (secondary N) is 2. The number of benzene rings is 1. The minimum Gasteiger partial charge on any atom is -0.465 e. The van der Waals surface area contributed by atoms with Crippen molar-refractivity contribution >= 4 is 6.09 Å². The van der Waals surface area contributed by atoms with Crippen molar-refractivity contribution in [1.82, 2.24) is 15.3 Å². The maximum absolute atomic E-state index is 10.6. The molecule has 1 amide bonds. The lowest BCUT2D eigenvalue weighted by Gasteiger charge is -2.16. The highest BCUT2D eigenvalue weighted by Crippen LogP contribution is 2.27. The van der Waals surface area contributed by atoms with E-state index in [9.17, 15) is 4.79 Å². The van der Waals surface area contributed by atoms with E-state index in [-0.39, 0.29) is 5.92 Å². The Morgan fingerprint density at radius 3 is 2.60 bits per heavy atom. The molecule has 1 atom stereocenters. The first-order valence-corrected chi connectivity index (χ1v) is 6.60. The topological polar surface area (TPSA) is 78.0 Å². The van der Waals surface area contributed by atoms with Crippen LogP contribution in [0.1, 0.15) is 34.7 Å². The van der Waals surface area contributed by atoms with E-state index >= 15 is 0 Å². The van der Waals surface area contributed by atoms with Gasteiger partial charge in [-0.25, -0.2) is 9.78 Å². The Morgan fingerprint density at radius 2 is 2.05 bits per heavy atom. The van der Waals surface area contributed by atoms with Gasteiger partial charge >= 0.3 is 6.09 Å². The van der Waals surface area contributed by atoms with E-state index in [1.54, 1.807) is 6.33 Å². The minimum atomic E-state index is -0.994. The fraction of sp³-hybridized carbons (Fsp3) is 0.333. The third kappa shape index (κ3) is 3.60. The molecule has 1 unspecified atom stereocenters. The molecule has 0 saturated heterocycles. The predicted octanol–water partition coefficient (Wildman–Crippen LogP) is 2.82. The first kappa shape index (κ1) is 14.1. The van der Waals surface area contributed by atoms with Crippen LogP contribution in [0.4, 0.5) is 4.79 Å². The van der Waals surface area contributed by atoms with Gasteiger partial charge in [-0.2, -0.15) is 0 Å². The molecule has 2 rings (SSSR count). The summed E-state index contributed by atoms with van der Waals surface area (Å²) in [6.45, 7) is 4.53. The monoisotopic (exact) mass is 273 g/mol. The molecule has 1 heterocycles. The Labute approximate surface area is 118 Å². The summed E-state index contributed by atoms with van der Waals surface area (Å²) in [6, 6.07) is 6.39. The summed E-state index contributed by atoms with van der Waals surface area (Å²) in [5.74, 6) is 0.0895. The third-order valence-corrected chi connectivity index (χ3v) is 3.23. The lowest BCUT2D eigenvalue weighted by molar-refractivity contribution is 0.194. The number of hydrogen-bond acceptors (Lipinski definition) is 2. The highest BCUT2D eigenvalue weighted by atomic mass is 16.4. The summed E-state index contributed by atoms with van der Waals surface area (Å²) >= 11 is 0. The van der Waals surface area contributed by atoms with Crippen molar-refractivity contribution in [2.45, 2.75) is 26.2 Å². The molecule has 1 aromatic heterocycles. The van der Waals surface area contributed by atoms with Crippen molar-refractivity contribution in [3.63, 3.8) is 0 Å². The SMILES string of the molecule is Cc1cc(C)cc(C(CCNC(=O)O)c2c[nH]cn2)c1. The summed E-state index contributed by atoms with van der Waals surface area (Å²) in [5, 5.41) is 11.1. The molecule has 0 spiro atoms. The Kier molecular flexibility index (Phi) is 4.40. The predicted molar refractivity (Wildman–Crippen MR) is 77.0 cm³/mol. The van der Waals surface area contributed by atoms with E-state index in [1.807, 2.05) is 6.20 Å². The zero-order valence-electron chi connectivity index (χ0n) is 11.7. The molecule has 0 bridgehead atoms. The third-order valence-electron chi connectivity index (χ3n) is 3.23. The average Bonchev–Trinajstić information content (AvgIpc) is 2.86. The quantitative estimate of drug-likeness (QED) is 0.783. The molecule has 0 radical (unpaired) electrons. The summed E-state index contributed by atoms with van der Waals surface area (Å²) < 4.78 is 0. The summed E-state index contributed by atoms with van der Waals surface area (Å²) in [6.07, 6.45) is 3.20. The number of carboxylic acid groups (broad SMARTS) is 1.